The average molecular weight is 458 g/mol. The van der Waals surface area contributed by atoms with Gasteiger partial charge in [0.25, 0.3) is 0 Å². The number of benzene rings is 2. The highest BCUT2D eigenvalue weighted by molar-refractivity contribution is 7.71. The summed E-state index contributed by atoms with van der Waals surface area (Å²) >= 11 is 11.3. The minimum atomic E-state index is -0.172. The number of halogens is 1. The zero-order valence-electron chi connectivity index (χ0n) is 17.0. The number of rotatable bonds is 7. The number of morpholine rings is 1. The Balaban J connectivity index is 1.35. The number of amides is 1. The Morgan fingerprint density at radius 1 is 1.13 bits per heavy atom. The quantitative estimate of drug-likeness (QED) is 0.528. The van der Waals surface area contributed by atoms with Crippen molar-refractivity contribution in [1.82, 2.24) is 19.7 Å². The number of carbonyl (C=O) groups is 1. The molecule has 0 radical (unpaired) electrons. The molecule has 31 heavy (non-hydrogen) atoms. The summed E-state index contributed by atoms with van der Waals surface area (Å²) in [7, 11) is 0. The van der Waals surface area contributed by atoms with Gasteiger partial charge in [-0.05, 0) is 60.6 Å². The first-order valence-corrected chi connectivity index (χ1v) is 11.0. The Morgan fingerprint density at radius 2 is 1.84 bits per heavy atom. The van der Waals surface area contributed by atoms with Gasteiger partial charge in [0.1, 0.15) is 6.54 Å². The summed E-state index contributed by atoms with van der Waals surface area (Å²) in [5, 5.41) is 10.6. The topological polar surface area (TPSA) is 75.2 Å². The van der Waals surface area contributed by atoms with E-state index in [2.05, 4.69) is 32.5 Å². The molecular formula is C22H24ClN5O2S. The normalized spacial score (nSPS) is 14.5. The van der Waals surface area contributed by atoms with E-state index in [1.807, 2.05) is 24.3 Å². The molecule has 0 atom stereocenters. The summed E-state index contributed by atoms with van der Waals surface area (Å²) in [4.78, 5) is 15.0. The van der Waals surface area contributed by atoms with Crippen molar-refractivity contribution in [2.24, 2.45) is 0 Å². The minimum Gasteiger partial charge on any atom is -0.379 e. The first-order valence-electron chi connectivity index (χ1n) is 10.2. The lowest BCUT2D eigenvalue weighted by Gasteiger charge is -2.26. The van der Waals surface area contributed by atoms with Gasteiger partial charge in [-0.25, -0.2) is 0 Å². The first-order chi connectivity index (χ1) is 15.1. The van der Waals surface area contributed by atoms with Gasteiger partial charge in [-0.2, -0.15) is 5.10 Å². The van der Waals surface area contributed by atoms with Crippen LogP contribution in [0.5, 0.6) is 0 Å². The highest BCUT2D eigenvalue weighted by Crippen LogP contribution is 2.20. The first kappa shape index (κ1) is 21.7. The van der Waals surface area contributed by atoms with E-state index in [0.717, 1.165) is 50.5 Å². The van der Waals surface area contributed by atoms with Crippen molar-refractivity contribution in [2.45, 2.75) is 13.0 Å². The molecule has 0 aliphatic carbocycles. The smallest absolute Gasteiger partial charge is 0.244 e. The fraction of sp³-hybridized carbons (Fsp3) is 0.318. The van der Waals surface area contributed by atoms with Crippen LogP contribution in [0.15, 0.2) is 48.5 Å². The maximum absolute atomic E-state index is 12.6. The summed E-state index contributed by atoms with van der Waals surface area (Å²) in [5.41, 5.74) is 2.82. The number of carbonyl (C=O) groups excluding carboxylic acids is 1. The number of hydrogen-bond donors (Lipinski definition) is 2. The molecule has 3 aromatic rings. The van der Waals surface area contributed by atoms with Crippen LogP contribution >= 0.6 is 23.8 Å². The Morgan fingerprint density at radius 3 is 2.55 bits per heavy atom. The van der Waals surface area contributed by atoms with Gasteiger partial charge >= 0.3 is 0 Å². The van der Waals surface area contributed by atoms with E-state index in [9.17, 15) is 4.79 Å². The molecule has 1 saturated heterocycles. The highest BCUT2D eigenvalue weighted by Gasteiger charge is 2.13. The molecule has 0 spiro atoms. The number of aromatic amines is 1. The van der Waals surface area contributed by atoms with Crippen molar-refractivity contribution >= 4 is 35.4 Å². The van der Waals surface area contributed by atoms with Gasteiger partial charge in [-0.1, -0.05) is 23.7 Å². The van der Waals surface area contributed by atoms with Crippen LogP contribution in [0.2, 0.25) is 5.02 Å². The molecule has 2 heterocycles. The Hall–Kier alpha value is -2.52. The maximum Gasteiger partial charge on any atom is 0.244 e. The molecule has 1 amide bonds. The molecule has 162 valence electrons. The zero-order valence-corrected chi connectivity index (χ0v) is 18.6. The Kier molecular flexibility index (Phi) is 7.14. The van der Waals surface area contributed by atoms with Crippen molar-refractivity contribution in [2.75, 3.05) is 38.2 Å². The van der Waals surface area contributed by atoms with Crippen molar-refractivity contribution < 1.29 is 9.53 Å². The van der Waals surface area contributed by atoms with Crippen LogP contribution in [-0.2, 0) is 22.5 Å². The van der Waals surface area contributed by atoms with Crippen LogP contribution < -0.4 is 5.32 Å². The highest BCUT2D eigenvalue weighted by atomic mass is 35.5. The number of nitrogens with zero attached hydrogens (tertiary/aromatic N) is 3. The number of ether oxygens (including phenoxy) is 1. The fourth-order valence-corrected chi connectivity index (χ4v) is 3.82. The van der Waals surface area contributed by atoms with Gasteiger partial charge in [0, 0.05) is 35.9 Å². The standard InChI is InChI=1S/C22H24ClN5O2S/c23-18-5-3-17(4-6-18)21-25-26-22(31)28(21)15-20(29)24-19-7-1-16(2-8-19)9-10-27-11-13-30-14-12-27/h1-8H,9-15H2,(H,24,29)(H,26,31). The molecule has 2 N–H and O–H groups in total. The van der Waals surface area contributed by atoms with Crippen LogP contribution in [0.3, 0.4) is 0 Å². The summed E-state index contributed by atoms with van der Waals surface area (Å²) in [6.45, 7) is 4.68. The average Bonchev–Trinajstić information content (AvgIpc) is 3.14. The molecule has 9 heteroatoms. The lowest BCUT2D eigenvalue weighted by molar-refractivity contribution is -0.116. The van der Waals surface area contributed by atoms with Crippen molar-refractivity contribution in [3.63, 3.8) is 0 Å². The Labute approximate surface area is 191 Å². The van der Waals surface area contributed by atoms with E-state index < -0.39 is 0 Å². The number of aromatic nitrogens is 3. The van der Waals surface area contributed by atoms with Crippen molar-refractivity contribution in [3.05, 3.63) is 63.9 Å². The largest absolute Gasteiger partial charge is 0.379 e. The lowest BCUT2D eigenvalue weighted by atomic mass is 10.1. The summed E-state index contributed by atoms with van der Waals surface area (Å²) in [6.07, 6.45) is 0.975. The van der Waals surface area contributed by atoms with E-state index in [1.54, 1.807) is 16.7 Å². The molecular weight excluding hydrogens is 434 g/mol. The number of hydrogen-bond acceptors (Lipinski definition) is 5. The van der Waals surface area contributed by atoms with E-state index in [-0.39, 0.29) is 12.5 Å². The molecule has 7 nitrogen and oxygen atoms in total. The van der Waals surface area contributed by atoms with Crippen LogP contribution in [0.1, 0.15) is 5.56 Å². The van der Waals surface area contributed by atoms with E-state index in [1.165, 1.54) is 5.56 Å². The molecule has 1 aliphatic rings. The molecule has 1 aliphatic heterocycles. The van der Waals surface area contributed by atoms with Crippen LogP contribution in [-0.4, -0.2) is 58.4 Å². The van der Waals surface area contributed by atoms with E-state index in [4.69, 9.17) is 28.6 Å². The van der Waals surface area contributed by atoms with Gasteiger partial charge in [0.15, 0.2) is 10.6 Å². The molecule has 4 rings (SSSR count). The second kappa shape index (κ2) is 10.2. The van der Waals surface area contributed by atoms with Gasteiger partial charge in [0.05, 0.1) is 13.2 Å². The summed E-state index contributed by atoms with van der Waals surface area (Å²) in [5.74, 6) is 0.420. The third-order valence-electron chi connectivity index (χ3n) is 5.22. The molecule has 1 fully saturated rings. The van der Waals surface area contributed by atoms with E-state index >= 15 is 0 Å². The van der Waals surface area contributed by atoms with Crippen LogP contribution in [0.4, 0.5) is 5.69 Å². The third-order valence-corrected chi connectivity index (χ3v) is 5.78. The third kappa shape index (κ3) is 5.80. The van der Waals surface area contributed by atoms with Gasteiger partial charge in [-0.15, -0.1) is 0 Å². The Bertz CT molecular complexity index is 1070. The predicted octanol–water partition coefficient (Wildman–Crippen LogP) is 3.77. The van der Waals surface area contributed by atoms with Crippen molar-refractivity contribution in [3.8, 4) is 11.4 Å². The zero-order chi connectivity index (χ0) is 21.6. The molecule has 2 aromatic carbocycles. The maximum atomic E-state index is 12.6. The predicted molar refractivity (Wildman–Crippen MR) is 124 cm³/mol. The number of anilines is 1. The minimum absolute atomic E-state index is 0.0616. The molecule has 1 aromatic heterocycles. The summed E-state index contributed by atoms with van der Waals surface area (Å²) in [6, 6.07) is 15.2. The SMILES string of the molecule is O=C(Cn1c(-c2ccc(Cl)cc2)n[nH]c1=S)Nc1ccc(CCN2CCOCC2)cc1. The monoisotopic (exact) mass is 457 g/mol. The van der Waals surface area contributed by atoms with Crippen LogP contribution in [0, 0.1) is 4.77 Å². The number of nitrogens with one attached hydrogen (secondary N) is 2. The van der Waals surface area contributed by atoms with E-state index in [0.29, 0.717) is 15.6 Å². The number of H-pyrrole nitrogens is 1. The van der Waals surface area contributed by atoms with Crippen molar-refractivity contribution in [1.29, 1.82) is 0 Å². The van der Waals surface area contributed by atoms with Crippen LogP contribution in [0.25, 0.3) is 11.4 Å². The fourth-order valence-electron chi connectivity index (χ4n) is 3.49. The van der Waals surface area contributed by atoms with Gasteiger partial charge < -0.3 is 10.1 Å². The second-order valence-corrected chi connectivity index (χ2v) is 8.22. The van der Waals surface area contributed by atoms with Gasteiger partial charge in [0.2, 0.25) is 5.91 Å². The molecule has 0 unspecified atom stereocenters. The summed E-state index contributed by atoms with van der Waals surface area (Å²) < 4.78 is 7.44. The molecule has 0 bridgehead atoms. The lowest BCUT2D eigenvalue weighted by Crippen LogP contribution is -2.37. The second-order valence-electron chi connectivity index (χ2n) is 7.39. The molecule has 0 saturated carbocycles. The van der Waals surface area contributed by atoms with Gasteiger partial charge in [-0.3, -0.25) is 19.4 Å².